The minimum Gasteiger partial charge on any atom is -0.345 e. The summed E-state index contributed by atoms with van der Waals surface area (Å²) in [7, 11) is 0. The maximum absolute atomic E-state index is 13.1. The van der Waals surface area contributed by atoms with Gasteiger partial charge in [0.25, 0.3) is 0 Å². The van der Waals surface area contributed by atoms with E-state index in [4.69, 9.17) is 0 Å². The molecule has 5 rings (SSSR count). The van der Waals surface area contributed by atoms with Crippen LogP contribution in [0.2, 0.25) is 0 Å². The molecular weight excluding hydrogens is 492 g/mol. The first-order valence-electron chi connectivity index (χ1n) is 10.3. The third-order valence-electron chi connectivity index (χ3n) is 5.57. The average molecular weight is 513 g/mol. The van der Waals surface area contributed by atoms with Crippen LogP contribution in [-0.2, 0) is 4.79 Å². The molecule has 164 valence electrons. The first-order valence-corrected chi connectivity index (χ1v) is 12.2. The Morgan fingerprint density at radius 2 is 2.06 bits per heavy atom. The number of hydrogen-bond donors (Lipinski definition) is 2. The number of hydrogen-bond acceptors (Lipinski definition) is 5. The van der Waals surface area contributed by atoms with Crippen molar-refractivity contribution in [1.82, 2.24) is 20.2 Å². The second-order valence-electron chi connectivity index (χ2n) is 7.56. The van der Waals surface area contributed by atoms with Crippen LogP contribution in [0, 0.1) is 0 Å². The standard InChI is InChI=1S/C22H21BrN6O2S/c23-15-3-1-2-14(10-15)20-21(24-12-19(30)28-6-8-32-9-7-28)27-22(31)29(20)16-4-5-17-18(11-16)26-13-25-17/h1-5,10-11,13,20H,6-9,12H2,(H,25,26)(H,24,27,31). The van der Waals surface area contributed by atoms with Crippen molar-refractivity contribution in [3.8, 4) is 0 Å². The number of aliphatic imine (C=N–C) groups is 1. The molecule has 32 heavy (non-hydrogen) atoms. The number of fused-ring (bicyclic) bond motifs is 1. The number of imidazole rings is 1. The first-order chi connectivity index (χ1) is 15.6. The van der Waals surface area contributed by atoms with E-state index in [1.54, 1.807) is 11.2 Å². The molecule has 0 radical (unpaired) electrons. The van der Waals surface area contributed by atoms with Gasteiger partial charge in [-0.05, 0) is 35.9 Å². The van der Waals surface area contributed by atoms with Crippen LogP contribution in [0.3, 0.4) is 0 Å². The van der Waals surface area contributed by atoms with Crippen LogP contribution < -0.4 is 10.2 Å². The number of aromatic amines is 1. The van der Waals surface area contributed by atoms with Crippen molar-refractivity contribution in [2.24, 2.45) is 4.99 Å². The van der Waals surface area contributed by atoms with Gasteiger partial charge in [0, 0.05) is 34.8 Å². The maximum atomic E-state index is 13.1. The molecule has 1 unspecified atom stereocenters. The Balaban J connectivity index is 1.50. The summed E-state index contributed by atoms with van der Waals surface area (Å²) in [5, 5.41) is 2.89. The van der Waals surface area contributed by atoms with Gasteiger partial charge in [-0.25, -0.2) is 9.78 Å². The lowest BCUT2D eigenvalue weighted by atomic mass is 10.0. The van der Waals surface area contributed by atoms with Gasteiger partial charge in [0.15, 0.2) is 0 Å². The van der Waals surface area contributed by atoms with Crippen LogP contribution in [0.25, 0.3) is 11.0 Å². The van der Waals surface area contributed by atoms with E-state index in [1.807, 2.05) is 59.1 Å². The van der Waals surface area contributed by atoms with Gasteiger partial charge < -0.3 is 9.88 Å². The number of halogens is 1. The van der Waals surface area contributed by atoms with E-state index in [1.165, 1.54) is 0 Å². The number of rotatable bonds is 4. The fraction of sp³-hybridized carbons (Fsp3) is 0.273. The predicted octanol–water partition coefficient (Wildman–Crippen LogP) is 3.57. The summed E-state index contributed by atoms with van der Waals surface area (Å²) in [6, 6.07) is 12.7. The van der Waals surface area contributed by atoms with Gasteiger partial charge in [0.1, 0.15) is 18.4 Å². The number of carbonyl (C=O) groups excluding carboxylic acids is 2. The number of nitrogens with one attached hydrogen (secondary N) is 2. The molecule has 3 amide bonds. The highest BCUT2D eigenvalue weighted by molar-refractivity contribution is 9.10. The molecule has 2 aliphatic heterocycles. The molecule has 0 saturated carbocycles. The molecule has 10 heteroatoms. The molecular formula is C22H21BrN6O2S. The van der Waals surface area contributed by atoms with E-state index in [0.717, 1.165) is 45.7 Å². The molecule has 2 N–H and O–H groups in total. The summed E-state index contributed by atoms with van der Waals surface area (Å²) >= 11 is 5.38. The average Bonchev–Trinajstić information content (AvgIpc) is 3.41. The Hall–Kier alpha value is -2.85. The summed E-state index contributed by atoms with van der Waals surface area (Å²) < 4.78 is 0.902. The van der Waals surface area contributed by atoms with Gasteiger partial charge in [-0.1, -0.05) is 28.1 Å². The molecule has 0 bridgehead atoms. The highest BCUT2D eigenvalue weighted by Gasteiger charge is 2.39. The van der Waals surface area contributed by atoms with Gasteiger partial charge in [0.2, 0.25) is 5.91 Å². The Labute approximate surface area is 197 Å². The third kappa shape index (κ3) is 4.12. The second-order valence-corrected chi connectivity index (χ2v) is 9.70. The zero-order valence-corrected chi connectivity index (χ0v) is 19.5. The molecule has 8 nitrogen and oxygen atoms in total. The lowest BCUT2D eigenvalue weighted by Crippen LogP contribution is -2.39. The largest absolute Gasteiger partial charge is 0.345 e. The normalized spacial score (nSPS) is 20.2. The van der Waals surface area contributed by atoms with Gasteiger partial charge in [-0.3, -0.25) is 20.0 Å². The number of nitrogens with zero attached hydrogens (tertiary/aromatic N) is 4. The summed E-state index contributed by atoms with van der Waals surface area (Å²) in [6.07, 6.45) is 1.63. The molecule has 2 aromatic carbocycles. The van der Waals surface area contributed by atoms with Crippen LogP contribution in [0.4, 0.5) is 10.5 Å². The maximum Gasteiger partial charge on any atom is 0.328 e. The van der Waals surface area contributed by atoms with Crippen molar-refractivity contribution in [3.63, 3.8) is 0 Å². The summed E-state index contributed by atoms with van der Waals surface area (Å²) in [6.45, 7) is 1.50. The highest BCUT2D eigenvalue weighted by atomic mass is 79.9. The fourth-order valence-electron chi connectivity index (χ4n) is 3.99. The van der Waals surface area contributed by atoms with Crippen molar-refractivity contribution in [1.29, 1.82) is 0 Å². The summed E-state index contributed by atoms with van der Waals surface area (Å²) in [5.74, 6) is 2.35. The Morgan fingerprint density at radius 3 is 2.88 bits per heavy atom. The third-order valence-corrected chi connectivity index (χ3v) is 7.00. The summed E-state index contributed by atoms with van der Waals surface area (Å²) in [4.78, 5) is 41.2. The molecule has 0 aliphatic carbocycles. The topological polar surface area (TPSA) is 93.7 Å². The predicted molar refractivity (Wildman–Crippen MR) is 130 cm³/mol. The van der Waals surface area contributed by atoms with Crippen molar-refractivity contribution in [2.75, 3.05) is 36.0 Å². The van der Waals surface area contributed by atoms with Crippen LogP contribution >= 0.6 is 27.7 Å². The lowest BCUT2D eigenvalue weighted by Gasteiger charge is -2.26. The van der Waals surface area contributed by atoms with Gasteiger partial charge in [-0.2, -0.15) is 11.8 Å². The van der Waals surface area contributed by atoms with Crippen LogP contribution in [-0.4, -0.2) is 63.8 Å². The van der Waals surface area contributed by atoms with Gasteiger partial charge >= 0.3 is 6.03 Å². The van der Waals surface area contributed by atoms with Crippen molar-refractivity contribution >= 4 is 62.2 Å². The molecule has 1 atom stereocenters. The van der Waals surface area contributed by atoms with E-state index >= 15 is 0 Å². The first kappa shape index (κ1) is 21.0. The molecule has 2 aliphatic rings. The second kappa shape index (κ2) is 8.95. The van der Waals surface area contributed by atoms with Crippen molar-refractivity contribution in [3.05, 3.63) is 58.8 Å². The zero-order chi connectivity index (χ0) is 22.1. The number of carbonyl (C=O) groups is 2. The van der Waals surface area contributed by atoms with Gasteiger partial charge in [0.05, 0.1) is 17.4 Å². The number of amidine groups is 1. The number of benzene rings is 2. The molecule has 2 saturated heterocycles. The van der Waals surface area contributed by atoms with E-state index < -0.39 is 6.04 Å². The van der Waals surface area contributed by atoms with Crippen LogP contribution in [0.1, 0.15) is 11.6 Å². The smallest absolute Gasteiger partial charge is 0.328 e. The van der Waals surface area contributed by atoms with Gasteiger partial charge in [-0.15, -0.1) is 0 Å². The number of urea groups is 1. The number of aromatic nitrogens is 2. The Kier molecular flexibility index (Phi) is 5.88. The number of H-pyrrole nitrogens is 1. The SMILES string of the molecule is O=C(CN=C1NC(=O)N(c2ccc3nc[nH]c3c2)C1c1cccc(Br)c1)N1CCSCC1. The quantitative estimate of drug-likeness (QED) is 0.558. The molecule has 1 aromatic heterocycles. The van der Waals surface area contributed by atoms with E-state index in [0.29, 0.717) is 11.5 Å². The Morgan fingerprint density at radius 1 is 1.22 bits per heavy atom. The molecule has 3 aromatic rings. The monoisotopic (exact) mass is 512 g/mol. The van der Waals surface area contributed by atoms with E-state index in [-0.39, 0.29) is 18.5 Å². The van der Waals surface area contributed by atoms with Crippen LogP contribution in [0.5, 0.6) is 0 Å². The van der Waals surface area contributed by atoms with Crippen molar-refractivity contribution < 1.29 is 9.59 Å². The molecule has 3 heterocycles. The molecule has 0 spiro atoms. The Bertz CT molecular complexity index is 1210. The lowest BCUT2D eigenvalue weighted by molar-refractivity contribution is -0.129. The minimum atomic E-state index is -0.468. The van der Waals surface area contributed by atoms with E-state index in [9.17, 15) is 9.59 Å². The highest BCUT2D eigenvalue weighted by Crippen LogP contribution is 2.34. The number of anilines is 1. The zero-order valence-electron chi connectivity index (χ0n) is 17.1. The van der Waals surface area contributed by atoms with E-state index in [2.05, 4.69) is 36.2 Å². The number of amides is 3. The van der Waals surface area contributed by atoms with Crippen molar-refractivity contribution in [2.45, 2.75) is 6.04 Å². The fourth-order valence-corrected chi connectivity index (χ4v) is 5.31. The number of thioether (sulfide) groups is 1. The summed E-state index contributed by atoms with van der Waals surface area (Å²) in [5.41, 5.74) is 3.27. The van der Waals surface area contributed by atoms with Crippen LogP contribution in [0.15, 0.2) is 58.3 Å². The minimum absolute atomic E-state index is 0.0121. The molecule has 2 fully saturated rings.